The van der Waals surface area contributed by atoms with Gasteiger partial charge in [-0.3, -0.25) is 0 Å². The Morgan fingerprint density at radius 1 is 1.32 bits per heavy atom. The lowest BCUT2D eigenvalue weighted by atomic mass is 9.79. The van der Waals surface area contributed by atoms with Gasteiger partial charge in [-0.2, -0.15) is 0 Å². The average molecular weight is 263 g/mol. The quantitative estimate of drug-likeness (QED) is 0.633. The maximum atomic E-state index is 5.96. The summed E-state index contributed by atoms with van der Waals surface area (Å²) in [6, 6.07) is 10.2. The molecule has 3 nitrogen and oxygen atoms in total. The van der Waals surface area contributed by atoms with Crippen LogP contribution in [0.4, 0.5) is 0 Å². The first kappa shape index (κ1) is 14.5. The van der Waals surface area contributed by atoms with Gasteiger partial charge in [-0.25, -0.2) is 0 Å². The highest BCUT2D eigenvalue weighted by Gasteiger charge is 2.34. The van der Waals surface area contributed by atoms with Crippen molar-refractivity contribution < 1.29 is 9.47 Å². The second kappa shape index (κ2) is 7.04. The minimum absolute atomic E-state index is 0.158. The summed E-state index contributed by atoms with van der Waals surface area (Å²) < 4.78 is 11.6. The standard InChI is InChI=1S/C16H25NO2/c1-14-6-5-9-16(10-14,12-17)19-13-18-11-15-7-3-2-4-8-15/h2-4,7-8,14H,5-6,9-13,17H2,1H3. The highest BCUT2D eigenvalue weighted by Crippen LogP contribution is 2.34. The molecule has 0 radical (unpaired) electrons. The second-order valence-corrected chi connectivity index (χ2v) is 5.68. The Balaban J connectivity index is 1.74. The topological polar surface area (TPSA) is 44.5 Å². The fraction of sp³-hybridized carbons (Fsp3) is 0.625. The summed E-state index contributed by atoms with van der Waals surface area (Å²) in [6.45, 7) is 3.79. The Morgan fingerprint density at radius 3 is 2.79 bits per heavy atom. The van der Waals surface area contributed by atoms with Gasteiger partial charge < -0.3 is 15.2 Å². The van der Waals surface area contributed by atoms with E-state index in [9.17, 15) is 0 Å². The Morgan fingerprint density at radius 2 is 2.11 bits per heavy atom. The fourth-order valence-corrected chi connectivity index (χ4v) is 2.89. The first-order valence-corrected chi connectivity index (χ1v) is 7.20. The van der Waals surface area contributed by atoms with Crippen LogP contribution in [0.2, 0.25) is 0 Å². The van der Waals surface area contributed by atoms with Crippen LogP contribution in [0.3, 0.4) is 0 Å². The molecule has 1 aromatic rings. The smallest absolute Gasteiger partial charge is 0.147 e. The van der Waals surface area contributed by atoms with E-state index in [0.29, 0.717) is 25.9 Å². The van der Waals surface area contributed by atoms with Gasteiger partial charge in [0.2, 0.25) is 0 Å². The third-order valence-electron chi connectivity index (χ3n) is 3.98. The number of benzene rings is 1. The molecule has 0 aromatic heterocycles. The molecule has 0 heterocycles. The van der Waals surface area contributed by atoms with Gasteiger partial charge in [0, 0.05) is 6.54 Å². The van der Waals surface area contributed by atoms with Crippen molar-refractivity contribution in [2.45, 2.75) is 44.8 Å². The molecule has 2 rings (SSSR count). The molecular formula is C16H25NO2. The number of ether oxygens (including phenoxy) is 2. The molecule has 1 aliphatic rings. The third-order valence-corrected chi connectivity index (χ3v) is 3.98. The molecule has 2 atom stereocenters. The summed E-state index contributed by atoms with van der Waals surface area (Å²) in [6.07, 6.45) is 4.60. The number of hydrogen-bond acceptors (Lipinski definition) is 3. The zero-order valence-corrected chi connectivity index (χ0v) is 11.8. The van der Waals surface area contributed by atoms with Crippen LogP contribution in [0.1, 0.15) is 38.2 Å². The maximum absolute atomic E-state index is 5.96. The third kappa shape index (κ3) is 4.30. The molecule has 2 unspecified atom stereocenters. The van der Waals surface area contributed by atoms with E-state index in [0.717, 1.165) is 12.8 Å². The van der Waals surface area contributed by atoms with Gasteiger partial charge in [0.25, 0.3) is 0 Å². The van der Waals surface area contributed by atoms with Gasteiger partial charge in [-0.05, 0) is 24.3 Å². The molecule has 1 saturated carbocycles. The highest BCUT2D eigenvalue weighted by atomic mass is 16.7. The van der Waals surface area contributed by atoms with Crippen LogP contribution >= 0.6 is 0 Å². The van der Waals surface area contributed by atoms with Gasteiger partial charge in [0.1, 0.15) is 6.79 Å². The molecule has 3 heteroatoms. The molecular weight excluding hydrogens is 238 g/mol. The molecule has 1 aliphatic carbocycles. The van der Waals surface area contributed by atoms with E-state index in [-0.39, 0.29) is 5.60 Å². The highest BCUT2D eigenvalue weighted by molar-refractivity contribution is 5.13. The van der Waals surface area contributed by atoms with Crippen molar-refractivity contribution in [3.8, 4) is 0 Å². The number of hydrogen-bond donors (Lipinski definition) is 1. The van der Waals surface area contributed by atoms with Crippen LogP contribution in [0.15, 0.2) is 30.3 Å². The van der Waals surface area contributed by atoms with Gasteiger partial charge >= 0.3 is 0 Å². The van der Waals surface area contributed by atoms with Crippen molar-refractivity contribution >= 4 is 0 Å². The summed E-state index contributed by atoms with van der Waals surface area (Å²) in [5, 5.41) is 0. The first-order chi connectivity index (χ1) is 9.24. The molecule has 106 valence electrons. The Bertz CT molecular complexity index is 368. The number of nitrogens with two attached hydrogens (primary N) is 1. The zero-order valence-electron chi connectivity index (χ0n) is 11.8. The molecule has 0 spiro atoms. The minimum Gasteiger partial charge on any atom is -0.351 e. The van der Waals surface area contributed by atoms with Crippen molar-refractivity contribution in [1.29, 1.82) is 0 Å². The van der Waals surface area contributed by atoms with E-state index in [1.165, 1.54) is 18.4 Å². The average Bonchev–Trinajstić information content (AvgIpc) is 2.45. The molecule has 0 bridgehead atoms. The largest absolute Gasteiger partial charge is 0.351 e. The second-order valence-electron chi connectivity index (χ2n) is 5.68. The Hall–Kier alpha value is -0.900. The zero-order chi connectivity index (χ0) is 13.6. The van der Waals surface area contributed by atoms with E-state index in [2.05, 4.69) is 19.1 Å². The maximum Gasteiger partial charge on any atom is 0.147 e. The van der Waals surface area contributed by atoms with Crippen molar-refractivity contribution in [2.24, 2.45) is 11.7 Å². The Labute approximate surface area is 116 Å². The minimum atomic E-state index is -0.158. The predicted octanol–water partition coefficient (Wildman–Crippen LogP) is 3.08. The van der Waals surface area contributed by atoms with Gasteiger partial charge in [0.05, 0.1) is 12.2 Å². The van der Waals surface area contributed by atoms with E-state index in [1.807, 2.05) is 18.2 Å². The molecule has 2 N–H and O–H groups in total. The van der Waals surface area contributed by atoms with Crippen LogP contribution in [0, 0.1) is 5.92 Å². The first-order valence-electron chi connectivity index (χ1n) is 7.20. The number of rotatable bonds is 6. The molecule has 1 aromatic carbocycles. The van der Waals surface area contributed by atoms with Crippen LogP contribution in [0.5, 0.6) is 0 Å². The van der Waals surface area contributed by atoms with Crippen LogP contribution in [0.25, 0.3) is 0 Å². The normalized spacial score (nSPS) is 27.4. The van der Waals surface area contributed by atoms with Gasteiger partial charge in [0.15, 0.2) is 0 Å². The lowest BCUT2D eigenvalue weighted by Crippen LogP contribution is -2.45. The SMILES string of the molecule is CC1CCCC(CN)(OCOCc2ccccc2)C1. The lowest BCUT2D eigenvalue weighted by molar-refractivity contribution is -0.160. The van der Waals surface area contributed by atoms with Gasteiger partial charge in [-0.1, -0.05) is 50.1 Å². The monoisotopic (exact) mass is 263 g/mol. The van der Waals surface area contributed by atoms with E-state index >= 15 is 0 Å². The van der Waals surface area contributed by atoms with Crippen molar-refractivity contribution in [1.82, 2.24) is 0 Å². The molecule has 0 aliphatic heterocycles. The summed E-state index contributed by atoms with van der Waals surface area (Å²) in [7, 11) is 0. The van der Waals surface area contributed by atoms with Crippen molar-refractivity contribution in [3.63, 3.8) is 0 Å². The van der Waals surface area contributed by atoms with E-state index in [1.54, 1.807) is 0 Å². The van der Waals surface area contributed by atoms with E-state index in [4.69, 9.17) is 15.2 Å². The van der Waals surface area contributed by atoms with Crippen molar-refractivity contribution in [2.75, 3.05) is 13.3 Å². The van der Waals surface area contributed by atoms with E-state index < -0.39 is 0 Å². The summed E-state index contributed by atoms with van der Waals surface area (Å²) in [5.41, 5.74) is 6.93. The fourth-order valence-electron chi connectivity index (χ4n) is 2.89. The molecule has 0 saturated heterocycles. The van der Waals surface area contributed by atoms with Crippen LogP contribution in [-0.2, 0) is 16.1 Å². The van der Waals surface area contributed by atoms with Crippen molar-refractivity contribution in [3.05, 3.63) is 35.9 Å². The van der Waals surface area contributed by atoms with Gasteiger partial charge in [-0.15, -0.1) is 0 Å². The molecule has 19 heavy (non-hydrogen) atoms. The predicted molar refractivity (Wildman–Crippen MR) is 76.6 cm³/mol. The molecule has 0 amide bonds. The summed E-state index contributed by atoms with van der Waals surface area (Å²) in [5.74, 6) is 0.700. The Kier molecular flexibility index (Phi) is 5.37. The summed E-state index contributed by atoms with van der Waals surface area (Å²) >= 11 is 0. The molecule has 1 fully saturated rings. The van der Waals surface area contributed by atoms with Crippen LogP contribution in [-0.4, -0.2) is 18.9 Å². The lowest BCUT2D eigenvalue weighted by Gasteiger charge is -2.38. The summed E-state index contributed by atoms with van der Waals surface area (Å²) in [4.78, 5) is 0. The van der Waals surface area contributed by atoms with Crippen LogP contribution < -0.4 is 5.73 Å².